The van der Waals surface area contributed by atoms with Gasteiger partial charge in [-0.05, 0) is 26.8 Å². The van der Waals surface area contributed by atoms with E-state index in [1.807, 2.05) is 7.05 Å². The van der Waals surface area contributed by atoms with E-state index in [1.54, 1.807) is 4.90 Å². The first-order chi connectivity index (χ1) is 8.54. The van der Waals surface area contributed by atoms with Crippen LogP contribution in [-0.4, -0.2) is 79.5 Å². The van der Waals surface area contributed by atoms with Crippen LogP contribution in [0.25, 0.3) is 0 Å². The van der Waals surface area contributed by atoms with Crippen LogP contribution in [0.1, 0.15) is 20.3 Å². The molecule has 0 radical (unpaired) electrons. The summed E-state index contributed by atoms with van der Waals surface area (Å²) in [6.07, 6.45) is 0.878. The average molecular weight is 256 g/mol. The number of hydrogen-bond acceptors (Lipinski definition) is 4. The lowest BCUT2D eigenvalue weighted by atomic mass is 10.2. The molecule has 1 amide bonds. The Hall–Kier alpha value is -0.650. The lowest BCUT2D eigenvalue weighted by Crippen LogP contribution is -2.51. The molecule has 1 aliphatic rings. The van der Waals surface area contributed by atoms with E-state index in [4.69, 9.17) is 5.73 Å². The predicted octanol–water partition coefficient (Wildman–Crippen LogP) is -0.180. The average Bonchev–Trinajstić information content (AvgIpc) is 2.36. The van der Waals surface area contributed by atoms with Crippen molar-refractivity contribution >= 4 is 5.91 Å². The summed E-state index contributed by atoms with van der Waals surface area (Å²) in [6.45, 7) is 10.5. The van der Waals surface area contributed by atoms with Crippen molar-refractivity contribution in [2.45, 2.75) is 26.3 Å². The summed E-state index contributed by atoms with van der Waals surface area (Å²) < 4.78 is 0. The molecule has 1 aliphatic heterocycles. The zero-order valence-corrected chi connectivity index (χ0v) is 12.1. The van der Waals surface area contributed by atoms with Gasteiger partial charge in [0.05, 0.1) is 6.54 Å². The number of rotatable bonds is 6. The zero-order chi connectivity index (χ0) is 13.5. The quantitative estimate of drug-likeness (QED) is 0.716. The van der Waals surface area contributed by atoms with Gasteiger partial charge in [0.2, 0.25) is 5.91 Å². The molecular weight excluding hydrogens is 228 g/mol. The predicted molar refractivity (Wildman–Crippen MR) is 74.5 cm³/mol. The Balaban J connectivity index is 2.25. The molecule has 0 aromatic heterocycles. The van der Waals surface area contributed by atoms with Gasteiger partial charge < -0.3 is 10.6 Å². The molecule has 18 heavy (non-hydrogen) atoms. The number of likely N-dealkylation sites (N-methyl/N-ethyl adjacent to an activating group) is 1. The molecule has 0 aliphatic carbocycles. The van der Waals surface area contributed by atoms with Gasteiger partial charge in [-0.25, -0.2) is 0 Å². The highest BCUT2D eigenvalue weighted by molar-refractivity contribution is 5.77. The third-order valence-corrected chi connectivity index (χ3v) is 3.62. The summed E-state index contributed by atoms with van der Waals surface area (Å²) in [4.78, 5) is 18.5. The molecule has 1 rings (SSSR count). The second kappa shape index (κ2) is 7.71. The Morgan fingerprint density at radius 3 is 2.39 bits per heavy atom. The number of carbonyl (C=O) groups is 1. The Morgan fingerprint density at radius 2 is 1.89 bits per heavy atom. The molecule has 0 aromatic carbocycles. The molecule has 1 fully saturated rings. The molecule has 0 saturated carbocycles. The molecular formula is C13H28N4O. The number of hydrogen-bond donors (Lipinski definition) is 1. The van der Waals surface area contributed by atoms with Gasteiger partial charge in [-0.15, -0.1) is 0 Å². The Labute approximate surface area is 111 Å². The van der Waals surface area contributed by atoms with E-state index >= 15 is 0 Å². The van der Waals surface area contributed by atoms with Gasteiger partial charge in [0.15, 0.2) is 0 Å². The third kappa shape index (κ3) is 4.92. The largest absolute Gasteiger partial charge is 0.345 e. The van der Waals surface area contributed by atoms with E-state index in [2.05, 4.69) is 23.6 Å². The number of piperazine rings is 1. The highest BCUT2D eigenvalue weighted by Gasteiger charge is 2.21. The number of carbonyl (C=O) groups excluding carboxylic acids is 1. The molecule has 0 spiro atoms. The van der Waals surface area contributed by atoms with E-state index in [0.29, 0.717) is 19.1 Å². The molecule has 5 nitrogen and oxygen atoms in total. The van der Waals surface area contributed by atoms with Crippen LogP contribution in [0.2, 0.25) is 0 Å². The van der Waals surface area contributed by atoms with E-state index < -0.39 is 0 Å². The van der Waals surface area contributed by atoms with Crippen LogP contribution in [0.15, 0.2) is 0 Å². The zero-order valence-electron chi connectivity index (χ0n) is 12.1. The molecule has 2 N–H and O–H groups in total. The summed E-state index contributed by atoms with van der Waals surface area (Å²) in [7, 11) is 1.86. The lowest BCUT2D eigenvalue weighted by molar-refractivity contribution is -0.131. The molecule has 5 heteroatoms. The molecule has 0 bridgehead atoms. The lowest BCUT2D eigenvalue weighted by Gasteiger charge is -2.37. The number of nitrogens with two attached hydrogens (primary N) is 1. The number of nitrogens with zero attached hydrogens (tertiary/aromatic N) is 3. The monoisotopic (exact) mass is 256 g/mol. The SMILES string of the molecule is CC(C)N1CCN(CC(=O)N(C)CCCN)CC1. The van der Waals surface area contributed by atoms with Crippen LogP contribution in [0.5, 0.6) is 0 Å². The topological polar surface area (TPSA) is 52.8 Å². The highest BCUT2D eigenvalue weighted by atomic mass is 16.2. The van der Waals surface area contributed by atoms with Crippen LogP contribution in [0.3, 0.4) is 0 Å². The Kier molecular flexibility index (Phi) is 6.60. The molecule has 0 aromatic rings. The normalized spacial score (nSPS) is 18.3. The van der Waals surface area contributed by atoms with Crippen LogP contribution >= 0.6 is 0 Å². The van der Waals surface area contributed by atoms with Gasteiger partial charge >= 0.3 is 0 Å². The molecule has 0 unspecified atom stereocenters. The summed E-state index contributed by atoms with van der Waals surface area (Å²) in [6, 6.07) is 0.607. The summed E-state index contributed by atoms with van der Waals surface area (Å²) >= 11 is 0. The fraction of sp³-hybridized carbons (Fsp3) is 0.923. The van der Waals surface area contributed by atoms with Crippen LogP contribution < -0.4 is 5.73 Å². The van der Waals surface area contributed by atoms with Crippen molar-refractivity contribution in [3.8, 4) is 0 Å². The van der Waals surface area contributed by atoms with Gasteiger partial charge in [-0.1, -0.05) is 0 Å². The van der Waals surface area contributed by atoms with Crippen molar-refractivity contribution in [3.05, 3.63) is 0 Å². The molecule has 0 atom stereocenters. The minimum Gasteiger partial charge on any atom is -0.345 e. The Bertz CT molecular complexity index is 249. The van der Waals surface area contributed by atoms with E-state index in [9.17, 15) is 4.79 Å². The number of amides is 1. The van der Waals surface area contributed by atoms with Gasteiger partial charge in [0, 0.05) is 45.8 Å². The second-order valence-electron chi connectivity index (χ2n) is 5.36. The summed E-state index contributed by atoms with van der Waals surface area (Å²) in [5.41, 5.74) is 5.45. The summed E-state index contributed by atoms with van der Waals surface area (Å²) in [5.74, 6) is 0.210. The van der Waals surface area contributed by atoms with Crippen molar-refractivity contribution in [3.63, 3.8) is 0 Å². The maximum atomic E-state index is 12.0. The van der Waals surface area contributed by atoms with E-state index in [0.717, 1.165) is 39.1 Å². The standard InChI is InChI=1S/C13H28N4O/c1-12(2)17-9-7-16(8-10-17)11-13(18)15(3)6-4-5-14/h12H,4-11,14H2,1-3H3. The first kappa shape index (κ1) is 15.4. The van der Waals surface area contributed by atoms with Crippen LogP contribution in [-0.2, 0) is 4.79 Å². The van der Waals surface area contributed by atoms with Crippen molar-refractivity contribution in [2.75, 3.05) is 52.9 Å². The molecule has 1 heterocycles. The van der Waals surface area contributed by atoms with Gasteiger partial charge in [-0.2, -0.15) is 0 Å². The second-order valence-corrected chi connectivity index (χ2v) is 5.36. The van der Waals surface area contributed by atoms with Gasteiger partial charge in [0.25, 0.3) is 0 Å². The minimum atomic E-state index is 0.210. The van der Waals surface area contributed by atoms with Crippen LogP contribution in [0, 0.1) is 0 Å². The maximum absolute atomic E-state index is 12.0. The maximum Gasteiger partial charge on any atom is 0.236 e. The molecule has 106 valence electrons. The van der Waals surface area contributed by atoms with Crippen LogP contribution in [0.4, 0.5) is 0 Å². The molecule has 1 saturated heterocycles. The van der Waals surface area contributed by atoms with E-state index in [-0.39, 0.29) is 5.91 Å². The first-order valence-electron chi connectivity index (χ1n) is 6.95. The van der Waals surface area contributed by atoms with E-state index in [1.165, 1.54) is 0 Å². The van der Waals surface area contributed by atoms with Crippen molar-refractivity contribution in [1.29, 1.82) is 0 Å². The van der Waals surface area contributed by atoms with Gasteiger partial charge in [0.1, 0.15) is 0 Å². The van der Waals surface area contributed by atoms with Crippen molar-refractivity contribution in [2.24, 2.45) is 5.73 Å². The van der Waals surface area contributed by atoms with Crippen molar-refractivity contribution in [1.82, 2.24) is 14.7 Å². The smallest absolute Gasteiger partial charge is 0.236 e. The minimum absolute atomic E-state index is 0.210. The third-order valence-electron chi connectivity index (χ3n) is 3.62. The van der Waals surface area contributed by atoms with Gasteiger partial charge in [-0.3, -0.25) is 14.6 Å². The fourth-order valence-electron chi connectivity index (χ4n) is 2.20. The van der Waals surface area contributed by atoms with Crippen molar-refractivity contribution < 1.29 is 4.79 Å². The highest BCUT2D eigenvalue weighted by Crippen LogP contribution is 2.05. The Morgan fingerprint density at radius 1 is 1.28 bits per heavy atom. The first-order valence-corrected chi connectivity index (χ1v) is 6.95. The summed E-state index contributed by atoms with van der Waals surface area (Å²) in [5, 5.41) is 0. The fourth-order valence-corrected chi connectivity index (χ4v) is 2.20.